The van der Waals surface area contributed by atoms with Crippen LogP contribution < -0.4 is 10.7 Å². The molecule has 0 unspecified atom stereocenters. The Bertz CT molecular complexity index is 779. The maximum atomic E-state index is 12.4. The normalized spacial score (nSPS) is 20.0. The maximum Gasteiger partial charge on any atom is 0.184 e. The fraction of sp³-hybridized carbons (Fsp3) is 0.235. The molecule has 1 aromatic rings. The molecule has 22 heavy (non-hydrogen) atoms. The Kier molecular flexibility index (Phi) is 3.10. The first-order valence-corrected chi connectivity index (χ1v) is 7.03. The van der Waals surface area contributed by atoms with E-state index < -0.39 is 0 Å². The number of rotatable bonds is 1. The van der Waals surface area contributed by atoms with Gasteiger partial charge in [0, 0.05) is 12.0 Å². The number of nitrogens with zero attached hydrogens (tertiary/aromatic N) is 3. The molecule has 1 aliphatic heterocycles. The molecule has 2 aliphatic rings. The highest BCUT2D eigenvalue weighted by Crippen LogP contribution is 2.36. The molecule has 0 amide bonds. The summed E-state index contributed by atoms with van der Waals surface area (Å²) in [5.74, 6) is 0.179. The molecule has 1 aromatic carbocycles. The lowest BCUT2D eigenvalue weighted by Crippen LogP contribution is -2.38. The van der Waals surface area contributed by atoms with Crippen LogP contribution >= 0.6 is 0 Å². The van der Waals surface area contributed by atoms with E-state index in [9.17, 15) is 10.1 Å². The molecule has 0 aromatic heterocycles. The van der Waals surface area contributed by atoms with Crippen LogP contribution in [0.5, 0.6) is 0 Å². The average Bonchev–Trinajstić information content (AvgIpc) is 2.47. The molecule has 110 valence electrons. The van der Waals surface area contributed by atoms with Crippen molar-refractivity contribution in [1.29, 1.82) is 5.26 Å². The summed E-state index contributed by atoms with van der Waals surface area (Å²) in [5.41, 5.74) is 7.71. The molecule has 5 nitrogen and oxygen atoms in total. The summed E-state index contributed by atoms with van der Waals surface area (Å²) < 4.78 is 0. The number of hydrogen-bond donors (Lipinski definition) is 1. The second kappa shape index (κ2) is 4.85. The van der Waals surface area contributed by atoms with Crippen molar-refractivity contribution in [2.24, 2.45) is 16.3 Å². The van der Waals surface area contributed by atoms with E-state index in [0.29, 0.717) is 23.3 Å². The third kappa shape index (κ3) is 2.19. The Morgan fingerprint density at radius 1 is 1.32 bits per heavy atom. The van der Waals surface area contributed by atoms with Crippen LogP contribution in [0.1, 0.15) is 20.3 Å². The molecular weight excluding hydrogens is 276 g/mol. The molecule has 0 spiro atoms. The molecule has 1 heterocycles. The number of Topliss-reactive ketones (excluding diaryl/α,β-unsaturated/α-hetero) is 1. The van der Waals surface area contributed by atoms with Gasteiger partial charge in [0.1, 0.15) is 23.2 Å². The molecule has 0 atom stereocenters. The number of carbonyl (C=O) groups excluding carboxylic acids is 1. The summed E-state index contributed by atoms with van der Waals surface area (Å²) in [7, 11) is 0. The zero-order chi connectivity index (χ0) is 15.9. The maximum absolute atomic E-state index is 12.4. The van der Waals surface area contributed by atoms with Crippen LogP contribution in [-0.2, 0) is 4.79 Å². The van der Waals surface area contributed by atoms with E-state index in [0.717, 1.165) is 5.69 Å². The zero-order valence-corrected chi connectivity index (χ0v) is 12.5. The van der Waals surface area contributed by atoms with Crippen LogP contribution in [0.2, 0.25) is 0 Å². The Labute approximate surface area is 129 Å². The predicted octanol–water partition coefficient (Wildman–Crippen LogP) is 2.48. The summed E-state index contributed by atoms with van der Waals surface area (Å²) in [5, 5.41) is 15.4. The second-order valence-corrected chi connectivity index (χ2v) is 6.11. The van der Waals surface area contributed by atoms with Gasteiger partial charge in [-0.15, -0.1) is 0 Å². The highest BCUT2D eigenvalue weighted by Gasteiger charge is 2.37. The van der Waals surface area contributed by atoms with Crippen LogP contribution in [0, 0.1) is 16.7 Å². The van der Waals surface area contributed by atoms with Gasteiger partial charge in [-0.2, -0.15) is 10.4 Å². The van der Waals surface area contributed by atoms with Gasteiger partial charge in [0.25, 0.3) is 0 Å². The highest BCUT2D eigenvalue weighted by molar-refractivity contribution is 6.48. The largest absolute Gasteiger partial charge is 0.383 e. The summed E-state index contributed by atoms with van der Waals surface area (Å²) >= 11 is 0. The minimum Gasteiger partial charge on any atom is -0.383 e. The molecule has 1 aliphatic carbocycles. The van der Waals surface area contributed by atoms with Gasteiger partial charge in [-0.25, -0.2) is 5.01 Å². The molecule has 0 bridgehead atoms. The van der Waals surface area contributed by atoms with Gasteiger partial charge in [-0.3, -0.25) is 4.79 Å². The number of para-hydroxylation sites is 1. The number of hydrazone groups is 1. The van der Waals surface area contributed by atoms with Crippen molar-refractivity contribution < 1.29 is 4.79 Å². The SMILES string of the molecule is CC1(C)C=C2C(=NN(c3ccccc3)C(N)=C2C#N)C(=O)C1. The van der Waals surface area contributed by atoms with Crippen LogP contribution in [-0.4, -0.2) is 11.5 Å². The van der Waals surface area contributed by atoms with Crippen LogP contribution in [0.25, 0.3) is 0 Å². The van der Waals surface area contributed by atoms with Crippen molar-refractivity contribution in [1.82, 2.24) is 0 Å². The minimum atomic E-state index is -0.303. The van der Waals surface area contributed by atoms with Crippen LogP contribution in [0.4, 0.5) is 5.69 Å². The van der Waals surface area contributed by atoms with Gasteiger partial charge in [0.15, 0.2) is 5.78 Å². The summed E-state index contributed by atoms with van der Waals surface area (Å²) in [6.07, 6.45) is 2.29. The van der Waals surface area contributed by atoms with Gasteiger partial charge in [-0.05, 0) is 17.5 Å². The number of benzene rings is 1. The number of fused-ring (bicyclic) bond motifs is 1. The molecule has 0 saturated carbocycles. The smallest absolute Gasteiger partial charge is 0.184 e. The quantitative estimate of drug-likeness (QED) is 0.862. The Balaban J connectivity index is 2.20. The van der Waals surface area contributed by atoms with E-state index in [2.05, 4.69) is 11.2 Å². The summed E-state index contributed by atoms with van der Waals surface area (Å²) in [6.45, 7) is 3.92. The third-order valence-electron chi connectivity index (χ3n) is 3.74. The van der Waals surface area contributed by atoms with Crippen LogP contribution in [0.15, 0.2) is 58.5 Å². The van der Waals surface area contributed by atoms with Crippen molar-refractivity contribution in [2.45, 2.75) is 20.3 Å². The zero-order valence-electron chi connectivity index (χ0n) is 12.5. The predicted molar refractivity (Wildman–Crippen MR) is 84.7 cm³/mol. The molecule has 2 N–H and O–H groups in total. The first kappa shape index (κ1) is 14.1. The van der Waals surface area contributed by atoms with E-state index >= 15 is 0 Å². The van der Waals surface area contributed by atoms with Crippen molar-refractivity contribution in [3.63, 3.8) is 0 Å². The molecule has 0 saturated heterocycles. The number of nitrogens with two attached hydrogens (primary N) is 1. The number of allylic oxidation sites excluding steroid dienone is 3. The van der Waals surface area contributed by atoms with Crippen molar-refractivity contribution in [2.75, 3.05) is 5.01 Å². The van der Waals surface area contributed by atoms with E-state index in [4.69, 9.17) is 5.73 Å². The van der Waals surface area contributed by atoms with Gasteiger partial charge >= 0.3 is 0 Å². The van der Waals surface area contributed by atoms with Gasteiger partial charge in [0.05, 0.1) is 5.69 Å². The first-order chi connectivity index (χ1) is 10.4. The minimum absolute atomic E-state index is 0.0660. The summed E-state index contributed by atoms with van der Waals surface area (Å²) in [6, 6.07) is 11.4. The number of anilines is 1. The van der Waals surface area contributed by atoms with E-state index in [-0.39, 0.29) is 17.0 Å². The molecule has 3 rings (SSSR count). The summed E-state index contributed by atoms with van der Waals surface area (Å²) in [4.78, 5) is 12.4. The number of nitriles is 1. The number of ketones is 1. The second-order valence-electron chi connectivity index (χ2n) is 6.11. The Morgan fingerprint density at radius 3 is 2.64 bits per heavy atom. The first-order valence-electron chi connectivity index (χ1n) is 7.03. The topological polar surface area (TPSA) is 82.5 Å². The fourth-order valence-corrected chi connectivity index (χ4v) is 2.74. The van der Waals surface area contributed by atoms with Crippen molar-refractivity contribution in [3.05, 3.63) is 53.4 Å². The molecular formula is C17H16N4O. The Morgan fingerprint density at radius 2 is 2.00 bits per heavy atom. The van der Waals surface area contributed by atoms with Crippen molar-refractivity contribution >= 4 is 17.2 Å². The lowest BCUT2D eigenvalue weighted by Gasteiger charge is -2.33. The van der Waals surface area contributed by atoms with E-state index in [1.807, 2.05) is 50.3 Å². The van der Waals surface area contributed by atoms with Gasteiger partial charge in [0.2, 0.25) is 0 Å². The Hall–Kier alpha value is -2.87. The third-order valence-corrected chi connectivity index (χ3v) is 3.74. The van der Waals surface area contributed by atoms with E-state index in [1.54, 1.807) is 0 Å². The monoisotopic (exact) mass is 292 g/mol. The standard InChI is InChI=1S/C17H16N4O/c1-17(2)8-12-13(10-18)16(19)21(11-6-4-3-5-7-11)20-15(12)14(22)9-17/h3-8H,9,19H2,1-2H3. The highest BCUT2D eigenvalue weighted by atomic mass is 16.1. The molecule has 0 fully saturated rings. The van der Waals surface area contributed by atoms with Gasteiger partial charge in [-0.1, -0.05) is 38.1 Å². The molecule has 0 radical (unpaired) electrons. The lowest BCUT2D eigenvalue weighted by atomic mass is 9.76. The lowest BCUT2D eigenvalue weighted by molar-refractivity contribution is -0.114. The van der Waals surface area contributed by atoms with Crippen molar-refractivity contribution in [3.8, 4) is 6.07 Å². The molecule has 5 heteroatoms. The average molecular weight is 292 g/mol. The number of hydrogen-bond acceptors (Lipinski definition) is 5. The van der Waals surface area contributed by atoms with Crippen LogP contribution in [0.3, 0.4) is 0 Å². The fourth-order valence-electron chi connectivity index (χ4n) is 2.74. The number of carbonyl (C=O) groups is 1. The van der Waals surface area contributed by atoms with E-state index in [1.165, 1.54) is 5.01 Å². The van der Waals surface area contributed by atoms with Gasteiger partial charge < -0.3 is 5.73 Å².